The largest absolute Gasteiger partial charge is 0.381 e. The van der Waals surface area contributed by atoms with Crippen molar-refractivity contribution in [3.8, 4) is 0 Å². The molecule has 2 saturated carbocycles. The fraction of sp³-hybridized carbons (Fsp3) is 0.833. The van der Waals surface area contributed by atoms with Crippen molar-refractivity contribution < 1.29 is 14.1 Å². The monoisotopic (exact) mass is 333 g/mol. The number of rotatable bonds is 6. The highest BCUT2D eigenvalue weighted by Crippen LogP contribution is 2.54. The first-order valence-electron chi connectivity index (χ1n) is 9.35. The molecule has 3 atom stereocenters. The number of ether oxygens (including phenoxy) is 1. The van der Waals surface area contributed by atoms with Crippen LogP contribution in [0.5, 0.6) is 0 Å². The Labute approximate surface area is 142 Å². The third-order valence-electron chi connectivity index (χ3n) is 5.68. The Balaban J connectivity index is 1.47. The second-order valence-corrected chi connectivity index (χ2v) is 7.93. The van der Waals surface area contributed by atoms with E-state index in [9.17, 15) is 4.79 Å². The summed E-state index contributed by atoms with van der Waals surface area (Å²) in [7, 11) is 0. The number of amides is 1. The van der Waals surface area contributed by atoms with Gasteiger partial charge in [-0.2, -0.15) is 4.98 Å². The number of hydrogen-bond donors (Lipinski definition) is 1. The molecular weight excluding hydrogens is 306 g/mol. The van der Waals surface area contributed by atoms with E-state index >= 15 is 0 Å². The minimum atomic E-state index is -0.179. The molecule has 0 spiro atoms. The number of carbonyl (C=O) groups excluding carboxylic acids is 1. The number of hydrogen-bond acceptors (Lipinski definition) is 5. The lowest BCUT2D eigenvalue weighted by Gasteiger charge is -2.28. The zero-order valence-electron chi connectivity index (χ0n) is 14.5. The van der Waals surface area contributed by atoms with Gasteiger partial charge in [-0.1, -0.05) is 19.0 Å². The van der Waals surface area contributed by atoms with Crippen LogP contribution in [0.3, 0.4) is 0 Å². The van der Waals surface area contributed by atoms with E-state index in [0.29, 0.717) is 23.6 Å². The van der Waals surface area contributed by atoms with Crippen molar-refractivity contribution in [2.75, 3.05) is 13.2 Å². The third kappa shape index (κ3) is 3.34. The molecule has 0 unspecified atom stereocenters. The maximum Gasteiger partial charge on any atom is 0.249 e. The molecule has 6 nitrogen and oxygen atoms in total. The highest BCUT2D eigenvalue weighted by molar-refractivity contribution is 5.82. The standard InChI is InChI=1S/C18H27N3O3/c1-10(2)16-20-18(24-21-16)15(12-5-7-23-8-6-12)19-17(22)14-9-13(14)11-3-4-11/h10-15H,3-9H2,1-2H3,(H,19,22)/t13-,14-,15-/m1/s1. The van der Waals surface area contributed by atoms with Crippen LogP contribution in [-0.4, -0.2) is 29.3 Å². The second kappa shape index (κ2) is 6.47. The summed E-state index contributed by atoms with van der Waals surface area (Å²) in [5.41, 5.74) is 0. The topological polar surface area (TPSA) is 77.2 Å². The SMILES string of the molecule is CC(C)c1noc([C@H](NC(=O)[C@@H]2C[C@@H]2C2CC2)C2CCOCC2)n1. The smallest absolute Gasteiger partial charge is 0.249 e. The van der Waals surface area contributed by atoms with E-state index in [1.807, 2.05) is 13.8 Å². The van der Waals surface area contributed by atoms with Gasteiger partial charge in [-0.05, 0) is 49.9 Å². The van der Waals surface area contributed by atoms with Crippen LogP contribution in [0.4, 0.5) is 0 Å². The molecule has 2 heterocycles. The summed E-state index contributed by atoms with van der Waals surface area (Å²) in [5, 5.41) is 7.32. The Morgan fingerprint density at radius 3 is 2.58 bits per heavy atom. The maximum absolute atomic E-state index is 12.7. The van der Waals surface area contributed by atoms with Gasteiger partial charge in [0.05, 0.1) is 0 Å². The van der Waals surface area contributed by atoms with Gasteiger partial charge in [0.2, 0.25) is 11.8 Å². The molecule has 1 aromatic rings. The normalized spacial score (nSPS) is 28.8. The van der Waals surface area contributed by atoms with Gasteiger partial charge in [-0.25, -0.2) is 0 Å². The Morgan fingerprint density at radius 1 is 1.21 bits per heavy atom. The summed E-state index contributed by atoms with van der Waals surface area (Å²) in [6.07, 6.45) is 5.50. The van der Waals surface area contributed by atoms with Crippen molar-refractivity contribution in [2.45, 2.75) is 57.9 Å². The van der Waals surface area contributed by atoms with Crippen molar-refractivity contribution in [1.82, 2.24) is 15.5 Å². The molecule has 0 radical (unpaired) electrons. The molecule has 3 aliphatic rings. The molecule has 2 aliphatic carbocycles. The summed E-state index contributed by atoms with van der Waals surface area (Å²) < 4.78 is 11.0. The summed E-state index contributed by atoms with van der Waals surface area (Å²) in [6, 6.07) is -0.179. The summed E-state index contributed by atoms with van der Waals surface area (Å²) in [4.78, 5) is 17.2. The van der Waals surface area contributed by atoms with E-state index in [4.69, 9.17) is 9.26 Å². The van der Waals surface area contributed by atoms with Crippen LogP contribution in [0.25, 0.3) is 0 Å². The summed E-state index contributed by atoms with van der Waals surface area (Å²) in [5.74, 6) is 3.59. The van der Waals surface area contributed by atoms with Gasteiger partial charge in [0, 0.05) is 25.0 Å². The predicted molar refractivity (Wildman–Crippen MR) is 87.1 cm³/mol. The first-order chi connectivity index (χ1) is 11.6. The molecule has 24 heavy (non-hydrogen) atoms. The van der Waals surface area contributed by atoms with E-state index in [0.717, 1.165) is 38.4 Å². The third-order valence-corrected chi connectivity index (χ3v) is 5.68. The van der Waals surface area contributed by atoms with Crippen LogP contribution in [0.15, 0.2) is 4.52 Å². The van der Waals surface area contributed by atoms with Gasteiger partial charge < -0.3 is 14.6 Å². The molecule has 0 aromatic carbocycles. The van der Waals surface area contributed by atoms with Crippen molar-refractivity contribution in [1.29, 1.82) is 0 Å². The predicted octanol–water partition coefficient (Wildman–Crippen LogP) is 2.82. The quantitative estimate of drug-likeness (QED) is 0.866. The van der Waals surface area contributed by atoms with Crippen LogP contribution in [0.1, 0.15) is 69.6 Å². The Bertz CT molecular complexity index is 590. The van der Waals surface area contributed by atoms with Gasteiger partial charge in [-0.15, -0.1) is 0 Å². The molecule has 3 fully saturated rings. The fourth-order valence-corrected chi connectivity index (χ4v) is 3.86. The molecule has 1 N–H and O–H groups in total. The zero-order chi connectivity index (χ0) is 16.7. The summed E-state index contributed by atoms with van der Waals surface area (Å²) in [6.45, 7) is 5.55. The fourth-order valence-electron chi connectivity index (χ4n) is 3.86. The lowest BCUT2D eigenvalue weighted by molar-refractivity contribution is -0.124. The molecule has 1 aliphatic heterocycles. The highest BCUT2D eigenvalue weighted by Gasteiger charge is 2.51. The molecule has 1 amide bonds. The summed E-state index contributed by atoms with van der Waals surface area (Å²) >= 11 is 0. The van der Waals surface area contributed by atoms with Crippen LogP contribution < -0.4 is 5.32 Å². The lowest BCUT2D eigenvalue weighted by Crippen LogP contribution is -2.37. The van der Waals surface area contributed by atoms with Crippen LogP contribution in [0, 0.1) is 23.7 Å². The van der Waals surface area contributed by atoms with Crippen LogP contribution in [0.2, 0.25) is 0 Å². The van der Waals surface area contributed by atoms with E-state index in [2.05, 4.69) is 15.5 Å². The van der Waals surface area contributed by atoms with Crippen molar-refractivity contribution in [3.63, 3.8) is 0 Å². The van der Waals surface area contributed by atoms with Crippen LogP contribution >= 0.6 is 0 Å². The average molecular weight is 333 g/mol. The van der Waals surface area contributed by atoms with E-state index < -0.39 is 0 Å². The number of aromatic nitrogens is 2. The van der Waals surface area contributed by atoms with E-state index in [1.54, 1.807) is 0 Å². The molecular formula is C18H27N3O3. The second-order valence-electron chi connectivity index (χ2n) is 7.93. The molecule has 132 valence electrons. The first kappa shape index (κ1) is 16.1. The van der Waals surface area contributed by atoms with Crippen LogP contribution in [-0.2, 0) is 9.53 Å². The van der Waals surface area contributed by atoms with Gasteiger partial charge in [0.1, 0.15) is 6.04 Å². The molecule has 1 aromatic heterocycles. The maximum atomic E-state index is 12.7. The van der Waals surface area contributed by atoms with Gasteiger partial charge >= 0.3 is 0 Å². The molecule has 6 heteroatoms. The van der Waals surface area contributed by atoms with E-state index in [1.165, 1.54) is 12.8 Å². The first-order valence-corrected chi connectivity index (χ1v) is 9.35. The van der Waals surface area contributed by atoms with Gasteiger partial charge in [0.25, 0.3) is 0 Å². The number of carbonyl (C=O) groups is 1. The zero-order valence-corrected chi connectivity index (χ0v) is 14.5. The Kier molecular flexibility index (Phi) is 4.33. The minimum absolute atomic E-state index is 0.174. The minimum Gasteiger partial charge on any atom is -0.381 e. The van der Waals surface area contributed by atoms with Crippen molar-refractivity contribution >= 4 is 5.91 Å². The van der Waals surface area contributed by atoms with Crippen molar-refractivity contribution in [3.05, 3.63) is 11.7 Å². The number of nitrogens with zero attached hydrogens (tertiary/aromatic N) is 2. The van der Waals surface area contributed by atoms with Gasteiger partial charge in [0.15, 0.2) is 5.82 Å². The highest BCUT2D eigenvalue weighted by atomic mass is 16.5. The molecule has 4 rings (SSSR count). The number of nitrogens with one attached hydrogen (secondary N) is 1. The van der Waals surface area contributed by atoms with Crippen molar-refractivity contribution in [2.24, 2.45) is 23.7 Å². The van der Waals surface area contributed by atoms with Gasteiger partial charge in [-0.3, -0.25) is 4.79 Å². The average Bonchev–Trinajstić information content (AvgIpc) is 3.49. The molecule has 1 saturated heterocycles. The Hall–Kier alpha value is -1.43. The molecule has 0 bridgehead atoms. The lowest BCUT2D eigenvalue weighted by atomic mass is 9.91. The Morgan fingerprint density at radius 2 is 1.96 bits per heavy atom. The van der Waals surface area contributed by atoms with E-state index in [-0.39, 0.29) is 23.8 Å².